The van der Waals surface area contributed by atoms with Crippen molar-refractivity contribution in [2.24, 2.45) is 0 Å². The fraction of sp³-hybridized carbons (Fsp3) is 0.222. The second kappa shape index (κ2) is 7.43. The van der Waals surface area contributed by atoms with Gasteiger partial charge in [0.25, 0.3) is 0 Å². The topological polar surface area (TPSA) is 69.6 Å². The van der Waals surface area contributed by atoms with Crippen molar-refractivity contribution in [1.29, 1.82) is 0 Å². The summed E-state index contributed by atoms with van der Waals surface area (Å²) in [6, 6.07) is 12.1. The molecule has 3 heterocycles. The molecule has 0 spiro atoms. The minimum atomic E-state index is 0.539. The minimum absolute atomic E-state index is 0.539. The number of thioether (sulfide) groups is 1. The molecule has 0 atom stereocenters. The zero-order valence-corrected chi connectivity index (χ0v) is 16.0. The van der Waals surface area contributed by atoms with Crippen LogP contribution in [-0.4, -0.2) is 25.0 Å². The first-order valence-electron chi connectivity index (χ1n) is 8.24. The van der Waals surface area contributed by atoms with E-state index in [0.717, 1.165) is 28.0 Å². The third kappa shape index (κ3) is 3.42. The smallest absolute Gasteiger partial charge is 0.247 e. The molecular formula is C18H17N5OS2. The minimum Gasteiger partial charge on any atom is -0.420 e. The number of thiophene rings is 1. The average Bonchev–Trinajstić information content (AvgIpc) is 3.40. The molecule has 0 amide bonds. The van der Waals surface area contributed by atoms with Gasteiger partial charge in [0.2, 0.25) is 11.8 Å². The first-order chi connectivity index (χ1) is 12.7. The Bertz CT molecular complexity index is 989. The van der Waals surface area contributed by atoms with Crippen LogP contribution < -0.4 is 0 Å². The number of hydrogen-bond acceptors (Lipinski definition) is 7. The van der Waals surface area contributed by atoms with Crippen LogP contribution in [0.1, 0.15) is 18.4 Å². The first-order valence-corrected chi connectivity index (χ1v) is 10.1. The fourth-order valence-corrected chi connectivity index (χ4v) is 4.08. The van der Waals surface area contributed by atoms with Crippen LogP contribution in [-0.2, 0) is 12.3 Å². The van der Waals surface area contributed by atoms with Gasteiger partial charge in [-0.2, -0.15) is 0 Å². The normalized spacial score (nSPS) is 11.2. The molecule has 8 heteroatoms. The summed E-state index contributed by atoms with van der Waals surface area (Å²) in [4.78, 5) is 1.12. The molecule has 0 aliphatic rings. The molecule has 26 heavy (non-hydrogen) atoms. The SMILES string of the molecule is CCn1c(SCc2nnc(-c3ccc(C)cc3)o2)nnc1-c1cccs1. The predicted molar refractivity (Wildman–Crippen MR) is 103 cm³/mol. The van der Waals surface area contributed by atoms with Gasteiger partial charge in [0.15, 0.2) is 11.0 Å². The van der Waals surface area contributed by atoms with E-state index >= 15 is 0 Å². The highest BCUT2D eigenvalue weighted by molar-refractivity contribution is 7.98. The average molecular weight is 384 g/mol. The quantitative estimate of drug-likeness (QED) is 0.450. The number of aromatic nitrogens is 5. The van der Waals surface area contributed by atoms with Crippen molar-refractivity contribution in [3.8, 4) is 22.2 Å². The van der Waals surface area contributed by atoms with E-state index in [9.17, 15) is 0 Å². The molecule has 0 saturated heterocycles. The molecule has 3 aromatic heterocycles. The summed E-state index contributed by atoms with van der Waals surface area (Å²) in [6.07, 6.45) is 0. The molecule has 6 nitrogen and oxygen atoms in total. The van der Waals surface area contributed by atoms with Crippen LogP contribution in [0.4, 0.5) is 0 Å². The number of benzene rings is 1. The zero-order chi connectivity index (χ0) is 17.9. The Balaban J connectivity index is 1.49. The number of aryl methyl sites for hydroxylation is 1. The Morgan fingerprint density at radius 2 is 1.92 bits per heavy atom. The van der Waals surface area contributed by atoms with Crippen molar-refractivity contribution < 1.29 is 4.42 Å². The van der Waals surface area contributed by atoms with Gasteiger partial charge in [-0.25, -0.2) is 0 Å². The van der Waals surface area contributed by atoms with Crippen LogP contribution in [0, 0.1) is 6.92 Å². The van der Waals surface area contributed by atoms with E-state index < -0.39 is 0 Å². The summed E-state index contributed by atoms with van der Waals surface area (Å²) in [5.74, 6) is 2.57. The van der Waals surface area contributed by atoms with Crippen molar-refractivity contribution in [3.05, 3.63) is 53.2 Å². The van der Waals surface area contributed by atoms with Gasteiger partial charge >= 0.3 is 0 Å². The second-order valence-electron chi connectivity index (χ2n) is 5.68. The van der Waals surface area contributed by atoms with E-state index in [-0.39, 0.29) is 0 Å². The third-order valence-electron chi connectivity index (χ3n) is 3.86. The van der Waals surface area contributed by atoms with E-state index in [1.54, 1.807) is 23.1 Å². The van der Waals surface area contributed by atoms with Crippen molar-refractivity contribution in [1.82, 2.24) is 25.0 Å². The number of nitrogens with zero attached hydrogens (tertiary/aromatic N) is 5. The molecule has 0 fully saturated rings. The molecule has 1 aromatic carbocycles. The molecule has 0 bridgehead atoms. The highest BCUT2D eigenvalue weighted by Crippen LogP contribution is 2.29. The maximum absolute atomic E-state index is 5.79. The van der Waals surface area contributed by atoms with Crippen LogP contribution >= 0.6 is 23.1 Å². The Labute approximate surface area is 159 Å². The highest BCUT2D eigenvalue weighted by Gasteiger charge is 2.15. The summed E-state index contributed by atoms with van der Waals surface area (Å²) in [7, 11) is 0. The van der Waals surface area contributed by atoms with Gasteiger partial charge < -0.3 is 8.98 Å². The lowest BCUT2D eigenvalue weighted by Gasteiger charge is -2.04. The number of hydrogen-bond donors (Lipinski definition) is 0. The van der Waals surface area contributed by atoms with Crippen LogP contribution in [0.2, 0.25) is 0 Å². The van der Waals surface area contributed by atoms with E-state index in [2.05, 4.69) is 38.0 Å². The monoisotopic (exact) mass is 383 g/mol. The van der Waals surface area contributed by atoms with Gasteiger partial charge in [-0.1, -0.05) is 35.5 Å². The fourth-order valence-electron chi connectivity index (χ4n) is 2.52. The summed E-state index contributed by atoms with van der Waals surface area (Å²) in [5.41, 5.74) is 2.13. The van der Waals surface area contributed by atoms with Gasteiger partial charge in [0, 0.05) is 12.1 Å². The highest BCUT2D eigenvalue weighted by atomic mass is 32.2. The molecule has 132 valence electrons. The second-order valence-corrected chi connectivity index (χ2v) is 7.57. The Morgan fingerprint density at radius 3 is 2.65 bits per heavy atom. The standard InChI is InChI=1S/C18H17N5OS2/c1-3-23-16(14-5-4-10-25-14)20-22-18(23)26-11-15-19-21-17(24-15)13-8-6-12(2)7-9-13/h4-10H,3,11H2,1-2H3. The lowest BCUT2D eigenvalue weighted by atomic mass is 10.1. The summed E-state index contributed by atoms with van der Waals surface area (Å²) in [5, 5.41) is 19.9. The molecule has 0 aliphatic heterocycles. The Morgan fingerprint density at radius 1 is 1.08 bits per heavy atom. The summed E-state index contributed by atoms with van der Waals surface area (Å²) < 4.78 is 7.89. The van der Waals surface area contributed by atoms with Gasteiger partial charge in [-0.15, -0.1) is 31.7 Å². The van der Waals surface area contributed by atoms with E-state index in [1.165, 1.54) is 5.56 Å². The molecule has 0 unspecified atom stereocenters. The van der Waals surface area contributed by atoms with Crippen LogP contribution in [0.25, 0.3) is 22.2 Å². The van der Waals surface area contributed by atoms with Gasteiger partial charge in [-0.05, 0) is 37.4 Å². The molecule has 0 saturated carbocycles. The lowest BCUT2D eigenvalue weighted by molar-refractivity contribution is 0.528. The maximum atomic E-state index is 5.79. The third-order valence-corrected chi connectivity index (χ3v) is 5.68. The number of rotatable bonds is 6. The predicted octanol–water partition coefficient (Wildman–Crippen LogP) is 4.68. The van der Waals surface area contributed by atoms with Crippen molar-refractivity contribution in [2.45, 2.75) is 31.3 Å². The zero-order valence-electron chi connectivity index (χ0n) is 14.4. The molecule has 0 aliphatic carbocycles. The maximum Gasteiger partial charge on any atom is 0.247 e. The van der Waals surface area contributed by atoms with Crippen molar-refractivity contribution in [2.75, 3.05) is 0 Å². The Hall–Kier alpha value is -2.45. The molecule has 0 radical (unpaired) electrons. The molecule has 4 aromatic rings. The van der Waals surface area contributed by atoms with Crippen LogP contribution in [0.15, 0.2) is 51.4 Å². The summed E-state index contributed by atoms with van der Waals surface area (Å²) >= 11 is 3.21. The van der Waals surface area contributed by atoms with E-state index in [1.807, 2.05) is 42.6 Å². The lowest BCUT2D eigenvalue weighted by Crippen LogP contribution is -1.99. The largest absolute Gasteiger partial charge is 0.420 e. The van der Waals surface area contributed by atoms with Gasteiger partial charge in [0.05, 0.1) is 10.6 Å². The Kier molecular flexibility index (Phi) is 4.85. The van der Waals surface area contributed by atoms with E-state index in [0.29, 0.717) is 17.5 Å². The van der Waals surface area contributed by atoms with Crippen molar-refractivity contribution >= 4 is 23.1 Å². The molecule has 0 N–H and O–H groups in total. The first kappa shape index (κ1) is 17.0. The van der Waals surface area contributed by atoms with Gasteiger partial charge in [-0.3, -0.25) is 0 Å². The van der Waals surface area contributed by atoms with E-state index in [4.69, 9.17) is 4.42 Å². The molecule has 4 rings (SSSR count). The van der Waals surface area contributed by atoms with Gasteiger partial charge in [0.1, 0.15) is 0 Å². The summed E-state index contributed by atoms with van der Waals surface area (Å²) in [6.45, 7) is 4.95. The molecular weight excluding hydrogens is 366 g/mol. The van der Waals surface area contributed by atoms with Crippen LogP contribution in [0.3, 0.4) is 0 Å². The van der Waals surface area contributed by atoms with Crippen LogP contribution in [0.5, 0.6) is 0 Å². The van der Waals surface area contributed by atoms with Crippen molar-refractivity contribution in [3.63, 3.8) is 0 Å².